The molecule has 12 rings (SSSR count). The third-order valence-corrected chi connectivity index (χ3v) is 20.2. The highest BCUT2D eigenvalue weighted by Gasteiger charge is 2.50. The Bertz CT molecular complexity index is 4360. The van der Waals surface area contributed by atoms with Crippen molar-refractivity contribution in [2.45, 2.75) is 108 Å². The maximum atomic E-state index is 15.1. The summed E-state index contributed by atoms with van der Waals surface area (Å²) in [5, 5.41) is 65.2. The number of primary amides is 1. The second-order valence-corrected chi connectivity index (χ2v) is 26.7. The monoisotopic (exact) mass is 1370 g/mol. The number of benzene rings is 1. The van der Waals surface area contributed by atoms with Crippen molar-refractivity contribution in [2.75, 3.05) is 27.8 Å². The highest BCUT2D eigenvalue weighted by atomic mass is 32.1. The molecule has 11 heterocycles. The van der Waals surface area contributed by atoms with E-state index in [1.54, 1.807) is 50.4 Å². The van der Waals surface area contributed by atoms with E-state index < -0.39 is 133 Å². The van der Waals surface area contributed by atoms with Crippen molar-refractivity contribution in [3.63, 3.8) is 0 Å². The van der Waals surface area contributed by atoms with Gasteiger partial charge in [-0.15, -0.1) is 56.7 Å². The molecule has 1 saturated heterocycles. The Morgan fingerprint density at radius 1 is 0.839 bits per heavy atom. The molecular weight excluding hydrogens is 1310 g/mol. The van der Waals surface area contributed by atoms with Crippen LogP contribution < -0.4 is 27.0 Å². The molecule has 0 radical (unpaired) electrons. The number of ether oxygens (including phenoxy) is 6. The molecule has 1 aromatic carbocycles. The van der Waals surface area contributed by atoms with Crippen LogP contribution in [-0.2, 0) is 51.2 Å². The zero-order valence-electron chi connectivity index (χ0n) is 50.0. The molecule has 486 valence electrons. The van der Waals surface area contributed by atoms with Gasteiger partial charge in [-0.2, -0.15) is 4.73 Å². The molecule has 1 fully saturated rings. The molecule has 35 heteroatoms. The van der Waals surface area contributed by atoms with E-state index in [0.29, 0.717) is 10.3 Å². The van der Waals surface area contributed by atoms with Gasteiger partial charge in [0.2, 0.25) is 5.91 Å². The Labute approximate surface area is 546 Å². The Morgan fingerprint density at radius 2 is 1.51 bits per heavy atom. The zero-order valence-corrected chi connectivity index (χ0v) is 54.1. The Morgan fingerprint density at radius 3 is 2.22 bits per heavy atom. The van der Waals surface area contributed by atoms with E-state index in [9.17, 15) is 44.5 Å². The minimum absolute atomic E-state index is 0.00497. The third-order valence-electron chi connectivity index (χ3n) is 15.8. The number of fused-ring (bicyclic) bond motifs is 15. The number of aliphatic hydroxyl groups excluding tert-OH is 1. The second kappa shape index (κ2) is 25.6. The van der Waals surface area contributed by atoms with Crippen LogP contribution in [0.3, 0.4) is 0 Å². The van der Waals surface area contributed by atoms with Gasteiger partial charge in [-0.25, -0.2) is 39.5 Å². The molecule has 12 bridgehead atoms. The van der Waals surface area contributed by atoms with Crippen molar-refractivity contribution in [2.24, 2.45) is 5.73 Å². The van der Waals surface area contributed by atoms with E-state index in [4.69, 9.17) is 49.1 Å². The molecule has 8 aromatic rings. The number of hydrogen-bond donors (Lipinski definition) is 9. The number of thiazole rings is 5. The molecule has 93 heavy (non-hydrogen) atoms. The predicted molar refractivity (Wildman–Crippen MR) is 333 cm³/mol. The number of likely N-dealkylation sites (N-methyl/N-ethyl adjacent to an activating group) is 1. The van der Waals surface area contributed by atoms with Crippen LogP contribution in [0.2, 0.25) is 0 Å². The smallest absolute Gasteiger partial charge is 0.358 e. The lowest BCUT2D eigenvalue weighted by Gasteiger charge is -2.48. The first-order chi connectivity index (χ1) is 44.4. The Hall–Kier alpha value is -8.75. The molecule has 7 aromatic heterocycles. The quantitative estimate of drug-likeness (QED) is 0.0611. The summed E-state index contributed by atoms with van der Waals surface area (Å²) in [6.45, 7) is 4.33. The number of cyclic esters (lactones) is 2. The number of pyridine rings is 1. The third kappa shape index (κ3) is 12.4. The minimum atomic E-state index is -1.90. The van der Waals surface area contributed by atoms with Crippen LogP contribution in [0, 0.1) is 0 Å². The Balaban J connectivity index is 1.05. The van der Waals surface area contributed by atoms with Crippen molar-refractivity contribution in [1.29, 1.82) is 0 Å². The molecule has 30 nitrogen and oxygen atoms in total. The van der Waals surface area contributed by atoms with Gasteiger partial charge < -0.3 is 80.8 Å². The standard InChI is InChI=1S/C58H57N13O17S5/c1-21(72)37-50(78)68-38(22(2)83-7)53-64-32(20-92-53)49(77)69-41-43-44(88-35-12-58(4,81)45(70(5)6)23(3)87-35)57(80)85-13-24-9-8-10-33-36(24)26(14-84-43)42(71(33)82)56(79)86-15-27(60-47(75)30-19-93-55(41)65-30)52-61-28(16-90-52)39-25(51-63-31(18-89-51)48(76)67-37)11-34(73)40(66-39)54-62-29(17-91-54)46(59)74/h8-11,16-21,23,27,35,37,41,43-45,72-73,81-82H,12-15H2,1-7H3,(H2,59,74)(H,60,75)(H,67,76)(H,68,78)(H,69,77)/b38-22+. The lowest BCUT2D eigenvalue weighted by Crippen LogP contribution is -2.62. The van der Waals surface area contributed by atoms with Gasteiger partial charge in [0.1, 0.15) is 120 Å². The van der Waals surface area contributed by atoms with Gasteiger partial charge in [0.15, 0.2) is 18.1 Å². The highest BCUT2D eigenvalue weighted by Crippen LogP contribution is 2.43. The van der Waals surface area contributed by atoms with Crippen LogP contribution in [-0.4, -0.2) is 178 Å². The van der Waals surface area contributed by atoms with Crippen molar-refractivity contribution < 1.29 is 82.5 Å². The fraction of sp³-hybridized carbons (Fsp3) is 0.362. The normalized spacial score (nSPS) is 24.8. The number of amides is 5. The van der Waals surface area contributed by atoms with Crippen LogP contribution in [0.4, 0.5) is 0 Å². The summed E-state index contributed by atoms with van der Waals surface area (Å²) in [4.78, 5) is 130. The van der Waals surface area contributed by atoms with Crippen molar-refractivity contribution >= 4 is 115 Å². The first kappa shape index (κ1) is 64.4. The summed E-state index contributed by atoms with van der Waals surface area (Å²) in [6, 6.07) is 0.794. The molecule has 5 amide bonds. The van der Waals surface area contributed by atoms with E-state index in [0.717, 1.165) is 56.7 Å². The number of nitrogens with zero attached hydrogens (tertiary/aromatic N) is 8. The molecule has 4 aliphatic rings. The van der Waals surface area contributed by atoms with Gasteiger partial charge in [-0.3, -0.25) is 24.0 Å². The van der Waals surface area contributed by atoms with Crippen molar-refractivity contribution in [3.8, 4) is 38.4 Å². The van der Waals surface area contributed by atoms with E-state index >= 15 is 9.59 Å². The average molecular weight is 1370 g/mol. The zero-order chi connectivity index (χ0) is 66.1. The molecule has 10 unspecified atom stereocenters. The number of rotatable bonds is 7. The summed E-state index contributed by atoms with van der Waals surface area (Å²) in [6.07, 6.45) is -7.46. The summed E-state index contributed by atoms with van der Waals surface area (Å²) >= 11 is 4.62. The molecular formula is C58H57N13O17S5. The molecule has 4 aliphatic heterocycles. The number of hydrogen-bond acceptors (Lipinski definition) is 29. The van der Waals surface area contributed by atoms with Crippen LogP contribution in [0.1, 0.15) is 125 Å². The van der Waals surface area contributed by atoms with E-state index in [1.165, 1.54) is 54.6 Å². The number of carbonyl (C=O) groups is 7. The van der Waals surface area contributed by atoms with Crippen LogP contribution in [0.25, 0.3) is 49.3 Å². The SMILES string of the molecule is CO/C(C)=C1/NC(=O)C(C(C)O)NC(=O)c2csc(n2)-c2cc(O)c(-c3nc(C(N)=O)cs3)nc2-c2csc(n2)C2COC(=O)c3c4c5c(cccc5n3O)COC(=O)C(OC3CC(C)(O)C(N(C)C)C(C)O3)C(OC4)C(NC(=O)c3csc1n3)c1nc(cs1)C(=O)N2. The van der Waals surface area contributed by atoms with Crippen molar-refractivity contribution in [1.82, 2.24) is 60.8 Å². The maximum absolute atomic E-state index is 15.1. The molecule has 10 N–H and O–H groups in total. The van der Waals surface area contributed by atoms with E-state index in [-0.39, 0.29) is 105 Å². The van der Waals surface area contributed by atoms with Gasteiger partial charge in [-0.1, -0.05) is 12.1 Å². The lowest BCUT2D eigenvalue weighted by molar-refractivity contribution is -0.280. The lowest BCUT2D eigenvalue weighted by atomic mass is 9.85. The number of aromatic nitrogens is 7. The highest BCUT2D eigenvalue weighted by molar-refractivity contribution is 7.14. The van der Waals surface area contributed by atoms with E-state index in [1.807, 2.05) is 0 Å². The number of esters is 2. The largest absolute Gasteiger partial charge is 0.506 e. The van der Waals surface area contributed by atoms with Crippen molar-refractivity contribution in [3.05, 3.63) is 112 Å². The Kier molecular flexibility index (Phi) is 17.7. The minimum Gasteiger partial charge on any atom is -0.506 e. The number of nitrogens with two attached hydrogens (primary N) is 1. The first-order valence-corrected chi connectivity index (χ1v) is 32.8. The molecule has 0 spiro atoms. The number of allylic oxidation sites excluding steroid dienone is 1. The summed E-state index contributed by atoms with van der Waals surface area (Å²) in [7, 11) is 4.86. The average Bonchev–Trinajstić information content (AvgIpc) is 1.63. The number of aliphatic hydroxyl groups is 2. The summed E-state index contributed by atoms with van der Waals surface area (Å²) in [5.41, 5.74) is 3.15. The predicted octanol–water partition coefficient (Wildman–Crippen LogP) is 4.26. The van der Waals surface area contributed by atoms with Crippen LogP contribution >= 0.6 is 56.7 Å². The number of aromatic hydroxyl groups is 1. The summed E-state index contributed by atoms with van der Waals surface area (Å²) < 4.78 is 38.2. The fourth-order valence-corrected chi connectivity index (χ4v) is 15.7. The van der Waals surface area contributed by atoms with Gasteiger partial charge in [-0.05, 0) is 59.5 Å². The van der Waals surface area contributed by atoms with E-state index in [2.05, 4.69) is 36.2 Å². The molecule has 0 saturated carbocycles. The molecule has 0 aliphatic carbocycles. The number of methoxy groups -OCH3 is 1. The van der Waals surface area contributed by atoms with Crippen LogP contribution in [0.15, 0.2) is 56.9 Å². The fourth-order valence-electron chi connectivity index (χ4n) is 11.5. The van der Waals surface area contributed by atoms with Gasteiger partial charge in [0.25, 0.3) is 23.6 Å². The second-order valence-electron chi connectivity index (χ2n) is 22.4. The van der Waals surface area contributed by atoms with Crippen LogP contribution in [0.5, 0.6) is 5.75 Å². The first-order valence-electron chi connectivity index (χ1n) is 28.4. The van der Waals surface area contributed by atoms with Gasteiger partial charge in [0, 0.05) is 49.8 Å². The maximum Gasteiger partial charge on any atom is 0.358 e. The van der Waals surface area contributed by atoms with Gasteiger partial charge in [0.05, 0.1) is 43.1 Å². The number of carbonyl (C=O) groups excluding carboxylic acids is 7. The molecule has 10 atom stereocenters. The topological polar surface area (TPSA) is 415 Å². The number of nitrogens with one attached hydrogen (secondary N) is 4. The summed E-state index contributed by atoms with van der Waals surface area (Å²) in [5.74, 6) is -7.07. The van der Waals surface area contributed by atoms with Gasteiger partial charge >= 0.3 is 11.9 Å².